The summed E-state index contributed by atoms with van der Waals surface area (Å²) < 4.78 is 23.8. The Bertz CT molecular complexity index is 728. The molecule has 0 radical (unpaired) electrons. The maximum absolute atomic E-state index is 12.9. The van der Waals surface area contributed by atoms with Crippen LogP contribution in [0.5, 0.6) is 5.75 Å². The number of nitrogens with zero attached hydrogens (tertiary/aromatic N) is 1. The standard InChI is InChI=1S/C21H25FN2O3/c1-16(27-20-8-6-19(22)7-9-20)21(25)23-14-17-2-4-18(5-3-17)15-24-10-12-26-13-11-24/h2-9,16H,10-15H2,1H3,(H,23,25). The summed E-state index contributed by atoms with van der Waals surface area (Å²) in [6.45, 7) is 6.54. The summed E-state index contributed by atoms with van der Waals surface area (Å²) >= 11 is 0. The van der Waals surface area contributed by atoms with Crippen LogP contribution in [0.2, 0.25) is 0 Å². The van der Waals surface area contributed by atoms with Crippen molar-refractivity contribution in [1.82, 2.24) is 10.2 Å². The van der Waals surface area contributed by atoms with Gasteiger partial charge in [-0.1, -0.05) is 24.3 Å². The van der Waals surface area contributed by atoms with Crippen LogP contribution in [0.25, 0.3) is 0 Å². The maximum Gasteiger partial charge on any atom is 0.261 e. The van der Waals surface area contributed by atoms with Crippen LogP contribution >= 0.6 is 0 Å². The highest BCUT2D eigenvalue weighted by Gasteiger charge is 2.14. The summed E-state index contributed by atoms with van der Waals surface area (Å²) in [6.07, 6.45) is -0.656. The van der Waals surface area contributed by atoms with Crippen molar-refractivity contribution in [3.63, 3.8) is 0 Å². The van der Waals surface area contributed by atoms with Gasteiger partial charge in [-0.3, -0.25) is 9.69 Å². The van der Waals surface area contributed by atoms with E-state index in [-0.39, 0.29) is 11.7 Å². The highest BCUT2D eigenvalue weighted by molar-refractivity contribution is 5.80. The predicted octanol–water partition coefficient (Wildman–Crippen LogP) is 2.74. The third-order valence-electron chi connectivity index (χ3n) is 4.50. The van der Waals surface area contributed by atoms with Gasteiger partial charge in [0, 0.05) is 26.2 Å². The lowest BCUT2D eigenvalue weighted by atomic mass is 10.1. The fraction of sp³-hybridized carbons (Fsp3) is 0.381. The Labute approximate surface area is 159 Å². The molecule has 6 heteroatoms. The number of carbonyl (C=O) groups is 1. The van der Waals surface area contributed by atoms with Gasteiger partial charge in [0.1, 0.15) is 11.6 Å². The number of morpholine rings is 1. The van der Waals surface area contributed by atoms with Gasteiger partial charge in [-0.2, -0.15) is 0 Å². The largest absolute Gasteiger partial charge is 0.481 e. The van der Waals surface area contributed by atoms with Gasteiger partial charge < -0.3 is 14.8 Å². The van der Waals surface area contributed by atoms with Gasteiger partial charge in [-0.05, 0) is 42.3 Å². The zero-order valence-corrected chi connectivity index (χ0v) is 15.5. The summed E-state index contributed by atoms with van der Waals surface area (Å²) in [4.78, 5) is 14.6. The van der Waals surface area contributed by atoms with Crippen LogP contribution in [-0.4, -0.2) is 43.2 Å². The molecule has 0 aliphatic carbocycles. The van der Waals surface area contributed by atoms with E-state index in [1.165, 1.54) is 29.8 Å². The number of hydrogen-bond acceptors (Lipinski definition) is 4. The molecule has 1 atom stereocenters. The molecule has 1 aliphatic rings. The average Bonchev–Trinajstić information content (AvgIpc) is 2.69. The highest BCUT2D eigenvalue weighted by atomic mass is 19.1. The number of ether oxygens (including phenoxy) is 2. The van der Waals surface area contributed by atoms with Crippen LogP contribution in [0.4, 0.5) is 4.39 Å². The van der Waals surface area contributed by atoms with E-state index in [0.29, 0.717) is 12.3 Å². The van der Waals surface area contributed by atoms with Crippen LogP contribution in [0.1, 0.15) is 18.1 Å². The number of hydrogen-bond donors (Lipinski definition) is 1. The molecule has 1 unspecified atom stereocenters. The van der Waals surface area contributed by atoms with Crippen molar-refractivity contribution in [3.8, 4) is 5.75 Å². The zero-order valence-electron chi connectivity index (χ0n) is 15.5. The Hall–Kier alpha value is -2.44. The van der Waals surface area contributed by atoms with Gasteiger partial charge in [-0.15, -0.1) is 0 Å². The van der Waals surface area contributed by atoms with Crippen LogP contribution in [-0.2, 0) is 22.6 Å². The molecule has 1 fully saturated rings. The van der Waals surface area contributed by atoms with Crippen LogP contribution < -0.4 is 10.1 Å². The monoisotopic (exact) mass is 372 g/mol. The minimum absolute atomic E-state index is 0.211. The molecule has 0 saturated carbocycles. The molecule has 144 valence electrons. The first-order valence-corrected chi connectivity index (χ1v) is 9.18. The second-order valence-electron chi connectivity index (χ2n) is 6.64. The lowest BCUT2D eigenvalue weighted by Gasteiger charge is -2.26. The molecule has 1 amide bonds. The fourth-order valence-corrected chi connectivity index (χ4v) is 2.88. The zero-order chi connectivity index (χ0) is 19.1. The van der Waals surface area contributed by atoms with Crippen LogP contribution in [0.3, 0.4) is 0 Å². The third-order valence-corrected chi connectivity index (χ3v) is 4.50. The molecule has 2 aromatic rings. The Balaban J connectivity index is 1.44. The summed E-state index contributed by atoms with van der Waals surface area (Å²) in [6, 6.07) is 13.9. The van der Waals surface area contributed by atoms with Gasteiger partial charge in [-0.25, -0.2) is 4.39 Å². The first-order valence-electron chi connectivity index (χ1n) is 9.18. The van der Waals surface area contributed by atoms with Crippen molar-refractivity contribution in [1.29, 1.82) is 0 Å². The van der Waals surface area contributed by atoms with Gasteiger partial charge >= 0.3 is 0 Å². The van der Waals surface area contributed by atoms with E-state index in [9.17, 15) is 9.18 Å². The van der Waals surface area contributed by atoms with E-state index in [1.807, 2.05) is 12.1 Å². The highest BCUT2D eigenvalue weighted by Crippen LogP contribution is 2.13. The molecule has 1 saturated heterocycles. The van der Waals surface area contributed by atoms with Crippen molar-refractivity contribution in [2.24, 2.45) is 0 Å². The molecule has 1 aliphatic heterocycles. The number of nitrogens with one attached hydrogen (secondary N) is 1. The second kappa shape index (κ2) is 9.48. The number of halogens is 1. The topological polar surface area (TPSA) is 50.8 Å². The van der Waals surface area contributed by atoms with Crippen molar-refractivity contribution in [2.45, 2.75) is 26.1 Å². The molecule has 1 heterocycles. The summed E-state index contributed by atoms with van der Waals surface area (Å²) in [7, 11) is 0. The first kappa shape index (κ1) is 19.3. The Morgan fingerprint density at radius 2 is 1.74 bits per heavy atom. The molecule has 0 spiro atoms. The van der Waals surface area contributed by atoms with E-state index < -0.39 is 6.10 Å². The summed E-state index contributed by atoms with van der Waals surface area (Å²) in [5.41, 5.74) is 2.28. The lowest BCUT2D eigenvalue weighted by Crippen LogP contribution is -2.36. The second-order valence-corrected chi connectivity index (χ2v) is 6.64. The summed E-state index contributed by atoms with van der Waals surface area (Å²) in [5.74, 6) is -0.0836. The average molecular weight is 372 g/mol. The van der Waals surface area contributed by atoms with E-state index in [4.69, 9.17) is 9.47 Å². The van der Waals surface area contributed by atoms with Crippen molar-refractivity contribution >= 4 is 5.91 Å². The maximum atomic E-state index is 12.9. The SMILES string of the molecule is CC(Oc1ccc(F)cc1)C(=O)NCc1ccc(CN2CCOCC2)cc1. The predicted molar refractivity (Wildman–Crippen MR) is 101 cm³/mol. The van der Waals surface area contributed by atoms with Crippen molar-refractivity contribution in [2.75, 3.05) is 26.3 Å². The quantitative estimate of drug-likeness (QED) is 0.812. The Morgan fingerprint density at radius 3 is 2.41 bits per heavy atom. The number of amides is 1. The minimum atomic E-state index is -0.656. The Morgan fingerprint density at radius 1 is 1.11 bits per heavy atom. The van der Waals surface area contributed by atoms with Gasteiger partial charge in [0.25, 0.3) is 5.91 Å². The van der Waals surface area contributed by atoms with Gasteiger partial charge in [0.05, 0.1) is 13.2 Å². The third kappa shape index (κ3) is 6.05. The first-order chi connectivity index (χ1) is 13.1. The Kier molecular flexibility index (Phi) is 6.79. The van der Waals surface area contributed by atoms with E-state index >= 15 is 0 Å². The number of carbonyl (C=O) groups excluding carboxylic acids is 1. The molecular formula is C21H25FN2O3. The molecule has 5 nitrogen and oxygen atoms in total. The van der Waals surface area contributed by atoms with Crippen molar-refractivity contribution in [3.05, 3.63) is 65.5 Å². The molecule has 0 bridgehead atoms. The number of benzene rings is 2. The van der Waals surface area contributed by atoms with Gasteiger partial charge in [0.2, 0.25) is 0 Å². The molecule has 0 aromatic heterocycles. The normalized spacial score (nSPS) is 15.9. The molecular weight excluding hydrogens is 347 g/mol. The lowest BCUT2D eigenvalue weighted by molar-refractivity contribution is -0.127. The van der Waals surface area contributed by atoms with Crippen LogP contribution in [0.15, 0.2) is 48.5 Å². The van der Waals surface area contributed by atoms with E-state index in [2.05, 4.69) is 22.3 Å². The van der Waals surface area contributed by atoms with Crippen molar-refractivity contribution < 1.29 is 18.7 Å². The van der Waals surface area contributed by atoms with E-state index in [0.717, 1.165) is 38.4 Å². The number of rotatable bonds is 7. The van der Waals surface area contributed by atoms with Crippen LogP contribution in [0, 0.1) is 5.82 Å². The van der Waals surface area contributed by atoms with Gasteiger partial charge in [0.15, 0.2) is 6.10 Å². The van der Waals surface area contributed by atoms with E-state index in [1.54, 1.807) is 6.92 Å². The molecule has 1 N–H and O–H groups in total. The molecule has 3 rings (SSSR count). The minimum Gasteiger partial charge on any atom is -0.481 e. The molecule has 27 heavy (non-hydrogen) atoms. The molecule has 2 aromatic carbocycles. The fourth-order valence-electron chi connectivity index (χ4n) is 2.88. The summed E-state index contributed by atoms with van der Waals surface area (Å²) in [5, 5.41) is 2.87. The smallest absolute Gasteiger partial charge is 0.261 e.